The third-order valence-electron chi connectivity index (χ3n) is 4.60. The largest absolute Gasteiger partial charge is 0.423 e. The van der Waals surface area contributed by atoms with Crippen molar-refractivity contribution in [2.75, 3.05) is 5.73 Å². The van der Waals surface area contributed by atoms with Crippen LogP contribution in [0.25, 0.3) is 0 Å². The molecule has 0 amide bonds. The first-order chi connectivity index (χ1) is 14.2. The summed E-state index contributed by atoms with van der Waals surface area (Å²) in [6, 6.07) is 34.8. The van der Waals surface area contributed by atoms with Crippen molar-refractivity contribution in [1.29, 1.82) is 0 Å². The molecule has 0 aromatic heterocycles. The van der Waals surface area contributed by atoms with Gasteiger partial charge in [-0.1, -0.05) is 42.5 Å². The Hall–Kier alpha value is -3.89. The number of hydrogen-bond acceptors (Lipinski definition) is 3. The zero-order valence-electron chi connectivity index (χ0n) is 15.8. The predicted octanol–water partition coefficient (Wildman–Crippen LogP) is 4.67. The van der Waals surface area contributed by atoms with E-state index in [4.69, 9.17) is 10.5 Å². The van der Waals surface area contributed by atoms with Gasteiger partial charge in [0.1, 0.15) is 22.8 Å². The molecule has 4 heteroatoms. The van der Waals surface area contributed by atoms with E-state index >= 15 is 0 Å². The summed E-state index contributed by atoms with van der Waals surface area (Å²) in [7, 11) is 0. The number of anilines is 1. The molecule has 29 heavy (non-hydrogen) atoms. The van der Waals surface area contributed by atoms with Crippen molar-refractivity contribution in [3.8, 4) is 5.75 Å². The highest BCUT2D eigenvalue weighted by Gasteiger charge is 2.18. The smallest absolute Gasteiger partial charge is 0.343 e. The van der Waals surface area contributed by atoms with E-state index in [2.05, 4.69) is 24.3 Å². The monoisotopic (exact) mass is 381 g/mol. The van der Waals surface area contributed by atoms with Crippen LogP contribution in [-0.4, -0.2) is 5.97 Å². The van der Waals surface area contributed by atoms with Crippen LogP contribution in [-0.2, 0) is 0 Å². The maximum Gasteiger partial charge on any atom is 0.343 e. The molecule has 0 aliphatic carbocycles. The first-order valence-electron chi connectivity index (χ1n) is 9.37. The van der Waals surface area contributed by atoms with Crippen molar-refractivity contribution >= 4 is 28.7 Å². The second kappa shape index (κ2) is 8.42. The molecular weight excluding hydrogens is 360 g/mol. The van der Waals surface area contributed by atoms with Crippen LogP contribution in [0.3, 0.4) is 0 Å². The molecule has 0 atom stereocenters. The third-order valence-corrected chi connectivity index (χ3v) is 4.60. The lowest BCUT2D eigenvalue weighted by Gasteiger charge is -2.18. The van der Waals surface area contributed by atoms with Gasteiger partial charge in [0, 0.05) is 17.8 Å². The summed E-state index contributed by atoms with van der Waals surface area (Å²) in [5.74, 6) is 0.0574. The van der Waals surface area contributed by atoms with E-state index in [0.717, 1.165) is 22.0 Å². The molecular formula is C25H21N2O2+. The second-order valence-electron chi connectivity index (χ2n) is 6.65. The lowest BCUT2D eigenvalue weighted by Crippen LogP contribution is -2.96. The topological polar surface area (TPSA) is 56.8 Å². The van der Waals surface area contributed by atoms with E-state index in [-0.39, 0.29) is 0 Å². The Balaban J connectivity index is 1.60. The minimum absolute atomic E-state index is 0.426. The van der Waals surface area contributed by atoms with Crippen LogP contribution in [0.2, 0.25) is 0 Å². The van der Waals surface area contributed by atoms with Crippen molar-refractivity contribution < 1.29 is 14.4 Å². The highest BCUT2D eigenvalue weighted by atomic mass is 16.5. The zero-order chi connectivity index (χ0) is 20.1. The molecule has 0 unspecified atom stereocenters. The van der Waals surface area contributed by atoms with Gasteiger partial charge in [-0.15, -0.1) is 0 Å². The average Bonchev–Trinajstić information content (AvgIpc) is 2.77. The summed E-state index contributed by atoms with van der Waals surface area (Å²) in [4.78, 5) is 13.5. The fraction of sp³-hybridized carbons (Fsp3) is 0. The number of ether oxygens (including phenoxy) is 1. The molecule has 0 aliphatic rings. The van der Waals surface area contributed by atoms with Gasteiger partial charge in [0.15, 0.2) is 0 Å². The Bertz CT molecular complexity index is 1050. The van der Waals surface area contributed by atoms with Crippen LogP contribution in [0.4, 0.5) is 22.7 Å². The minimum atomic E-state index is -0.430. The molecule has 0 aliphatic heterocycles. The number of carbonyl (C=O) groups excluding carboxylic acids is 1. The Kier molecular flexibility index (Phi) is 5.36. The number of nitrogens with one attached hydrogen (secondary N) is 1. The Morgan fingerprint density at radius 3 is 1.76 bits per heavy atom. The number of carbonyl (C=O) groups is 1. The van der Waals surface area contributed by atoms with Crippen LogP contribution >= 0.6 is 0 Å². The summed E-state index contributed by atoms with van der Waals surface area (Å²) in [6.07, 6.45) is 0. The summed E-state index contributed by atoms with van der Waals surface area (Å²) >= 11 is 0. The number of nitrogen functional groups attached to an aromatic ring is 1. The number of hydrogen-bond donors (Lipinski definition) is 2. The van der Waals surface area contributed by atoms with Gasteiger partial charge in [-0.3, -0.25) is 0 Å². The molecule has 0 heterocycles. The highest BCUT2D eigenvalue weighted by Crippen LogP contribution is 2.20. The van der Waals surface area contributed by atoms with Crippen molar-refractivity contribution in [2.45, 2.75) is 0 Å². The van der Waals surface area contributed by atoms with Crippen LogP contribution in [0.15, 0.2) is 109 Å². The van der Waals surface area contributed by atoms with Crippen LogP contribution in [0.5, 0.6) is 5.75 Å². The van der Waals surface area contributed by atoms with Crippen LogP contribution in [0.1, 0.15) is 10.4 Å². The molecule has 4 nitrogen and oxygen atoms in total. The van der Waals surface area contributed by atoms with E-state index < -0.39 is 5.97 Å². The van der Waals surface area contributed by atoms with E-state index in [9.17, 15) is 4.79 Å². The highest BCUT2D eigenvalue weighted by molar-refractivity contribution is 5.92. The molecule has 3 N–H and O–H groups in total. The number of quaternary nitrogens is 1. The summed E-state index contributed by atoms with van der Waals surface area (Å²) < 4.78 is 5.50. The Labute approximate surface area is 169 Å². The standard InChI is InChI=1S/C25H20N2O2/c26-20-9-7-8-19(18-20)25(28)29-24-16-14-23(15-17-24)27(21-10-3-1-4-11-21)22-12-5-2-6-13-22/h1-18H,26H2/p+1. The normalized spacial score (nSPS) is 10.7. The molecule has 0 bridgehead atoms. The van der Waals surface area contributed by atoms with E-state index in [1.807, 2.05) is 60.7 Å². The fourth-order valence-corrected chi connectivity index (χ4v) is 3.23. The molecule has 0 fully saturated rings. The summed E-state index contributed by atoms with van der Waals surface area (Å²) in [6.45, 7) is 0. The average molecular weight is 381 g/mol. The maximum absolute atomic E-state index is 12.3. The quantitative estimate of drug-likeness (QED) is 0.300. The number of para-hydroxylation sites is 2. The lowest BCUT2D eigenvalue weighted by molar-refractivity contribution is -0.681. The summed E-state index contributed by atoms with van der Waals surface area (Å²) in [5.41, 5.74) is 10.00. The second-order valence-corrected chi connectivity index (χ2v) is 6.65. The predicted molar refractivity (Wildman–Crippen MR) is 115 cm³/mol. The molecule has 4 rings (SSSR count). The van der Waals surface area contributed by atoms with Crippen LogP contribution in [0, 0.1) is 0 Å². The van der Waals surface area contributed by atoms with Gasteiger partial charge in [-0.25, -0.2) is 9.69 Å². The van der Waals surface area contributed by atoms with E-state index in [1.165, 1.54) is 0 Å². The maximum atomic E-state index is 12.3. The number of benzene rings is 4. The van der Waals surface area contributed by atoms with E-state index in [0.29, 0.717) is 17.0 Å². The SMILES string of the molecule is Nc1cccc(C(=O)Oc2ccc([NH+](c3ccccc3)c3ccccc3)cc2)c1. The van der Waals surface area contributed by atoms with Gasteiger partial charge in [0.2, 0.25) is 0 Å². The van der Waals surface area contributed by atoms with Gasteiger partial charge in [0.05, 0.1) is 5.56 Å². The molecule has 0 saturated carbocycles. The molecule has 142 valence electrons. The molecule has 0 radical (unpaired) electrons. The Morgan fingerprint density at radius 2 is 1.21 bits per heavy atom. The first kappa shape index (κ1) is 18.5. The van der Waals surface area contributed by atoms with Gasteiger partial charge in [-0.05, 0) is 54.6 Å². The van der Waals surface area contributed by atoms with Crippen molar-refractivity contribution in [3.05, 3.63) is 115 Å². The fourth-order valence-electron chi connectivity index (χ4n) is 3.23. The first-order valence-corrected chi connectivity index (χ1v) is 9.37. The van der Waals surface area contributed by atoms with Gasteiger partial charge < -0.3 is 10.5 Å². The van der Waals surface area contributed by atoms with Crippen LogP contribution < -0.4 is 15.4 Å². The Morgan fingerprint density at radius 1 is 0.655 bits per heavy atom. The minimum Gasteiger partial charge on any atom is -0.423 e. The molecule has 0 saturated heterocycles. The van der Waals surface area contributed by atoms with Crippen molar-refractivity contribution in [2.24, 2.45) is 0 Å². The number of nitrogens with two attached hydrogens (primary N) is 1. The van der Waals surface area contributed by atoms with Crippen molar-refractivity contribution in [3.63, 3.8) is 0 Å². The summed E-state index contributed by atoms with van der Waals surface area (Å²) in [5, 5.41) is 0. The van der Waals surface area contributed by atoms with Gasteiger partial charge >= 0.3 is 5.97 Å². The van der Waals surface area contributed by atoms with Crippen molar-refractivity contribution in [1.82, 2.24) is 0 Å². The molecule has 4 aromatic carbocycles. The number of rotatable bonds is 5. The lowest BCUT2D eigenvalue weighted by atomic mass is 10.2. The van der Waals surface area contributed by atoms with Gasteiger partial charge in [0.25, 0.3) is 0 Å². The molecule has 4 aromatic rings. The molecule has 0 spiro atoms. The van der Waals surface area contributed by atoms with E-state index in [1.54, 1.807) is 24.3 Å². The number of esters is 1. The van der Waals surface area contributed by atoms with Gasteiger partial charge in [-0.2, -0.15) is 0 Å². The third kappa shape index (κ3) is 4.34. The zero-order valence-corrected chi connectivity index (χ0v) is 15.8.